The lowest BCUT2D eigenvalue weighted by Crippen LogP contribution is -2.23. The molecule has 0 bridgehead atoms. The number of hydrogen-bond donors (Lipinski definition) is 3. The highest BCUT2D eigenvalue weighted by Gasteiger charge is 2.10. The van der Waals surface area contributed by atoms with Crippen LogP contribution < -0.4 is 11.2 Å². The summed E-state index contributed by atoms with van der Waals surface area (Å²) in [6.07, 6.45) is 1.05. The van der Waals surface area contributed by atoms with Gasteiger partial charge in [0.1, 0.15) is 0 Å². The number of H-pyrrole nitrogens is 2. The fourth-order valence-electron chi connectivity index (χ4n) is 1.32. The average molecular weight is 222 g/mol. The van der Waals surface area contributed by atoms with E-state index in [1.807, 2.05) is 4.98 Å². The summed E-state index contributed by atoms with van der Waals surface area (Å²) in [6.45, 7) is 1.79. The Labute approximate surface area is 89.2 Å². The van der Waals surface area contributed by atoms with Gasteiger partial charge in [-0.2, -0.15) is 0 Å². The van der Waals surface area contributed by atoms with Crippen molar-refractivity contribution >= 4 is 11.2 Å². The van der Waals surface area contributed by atoms with Gasteiger partial charge < -0.3 is 5.11 Å². The number of aliphatic hydroxyl groups excluding tert-OH is 1. The standard InChI is InChI=1S/C9H10N4O3/c1-2-5(14)4-3-10-7-6(11-4)8(15)13-9(16)12-7/h3,5,14H,2H2,1H3,(H2,10,12,13,15,16)/t5-/m0/s1. The second-order valence-electron chi connectivity index (χ2n) is 3.32. The summed E-state index contributed by atoms with van der Waals surface area (Å²) >= 11 is 0. The third kappa shape index (κ3) is 1.72. The van der Waals surface area contributed by atoms with Crippen molar-refractivity contribution in [2.45, 2.75) is 19.4 Å². The fourth-order valence-corrected chi connectivity index (χ4v) is 1.32. The zero-order valence-electron chi connectivity index (χ0n) is 8.52. The number of nitrogens with one attached hydrogen (secondary N) is 2. The summed E-state index contributed by atoms with van der Waals surface area (Å²) in [4.78, 5) is 34.6. The Morgan fingerprint density at radius 2 is 2.19 bits per heavy atom. The maximum absolute atomic E-state index is 11.4. The number of fused-ring (bicyclic) bond motifs is 1. The molecule has 0 spiro atoms. The number of nitrogens with zero attached hydrogens (tertiary/aromatic N) is 2. The third-order valence-electron chi connectivity index (χ3n) is 2.19. The summed E-state index contributed by atoms with van der Waals surface area (Å²) in [5.74, 6) is 0. The molecular weight excluding hydrogens is 212 g/mol. The number of aromatic nitrogens is 4. The number of hydrogen-bond acceptors (Lipinski definition) is 5. The van der Waals surface area contributed by atoms with E-state index in [1.54, 1.807) is 6.92 Å². The second-order valence-corrected chi connectivity index (χ2v) is 3.32. The Morgan fingerprint density at radius 1 is 1.44 bits per heavy atom. The van der Waals surface area contributed by atoms with Crippen molar-refractivity contribution < 1.29 is 5.11 Å². The first-order valence-corrected chi connectivity index (χ1v) is 4.79. The van der Waals surface area contributed by atoms with Crippen LogP contribution in [0.3, 0.4) is 0 Å². The van der Waals surface area contributed by atoms with Crippen molar-refractivity contribution in [3.05, 3.63) is 32.7 Å². The Kier molecular flexibility index (Phi) is 2.53. The monoisotopic (exact) mass is 222 g/mol. The summed E-state index contributed by atoms with van der Waals surface area (Å²) in [6, 6.07) is 0. The van der Waals surface area contributed by atoms with Crippen molar-refractivity contribution in [3.8, 4) is 0 Å². The van der Waals surface area contributed by atoms with Gasteiger partial charge in [-0.15, -0.1) is 0 Å². The molecule has 2 aromatic rings. The van der Waals surface area contributed by atoms with Crippen molar-refractivity contribution in [2.75, 3.05) is 0 Å². The molecule has 2 heterocycles. The third-order valence-corrected chi connectivity index (χ3v) is 2.19. The van der Waals surface area contributed by atoms with Crippen LogP contribution in [-0.2, 0) is 0 Å². The molecule has 16 heavy (non-hydrogen) atoms. The van der Waals surface area contributed by atoms with Gasteiger partial charge >= 0.3 is 5.69 Å². The van der Waals surface area contributed by atoms with Crippen LogP contribution in [0.4, 0.5) is 0 Å². The van der Waals surface area contributed by atoms with Gasteiger partial charge in [0.15, 0.2) is 11.2 Å². The van der Waals surface area contributed by atoms with Crippen LogP contribution in [0.15, 0.2) is 15.8 Å². The summed E-state index contributed by atoms with van der Waals surface area (Å²) < 4.78 is 0. The summed E-state index contributed by atoms with van der Waals surface area (Å²) in [5, 5.41) is 9.55. The van der Waals surface area contributed by atoms with E-state index in [0.717, 1.165) is 0 Å². The van der Waals surface area contributed by atoms with E-state index < -0.39 is 17.4 Å². The molecule has 0 unspecified atom stereocenters. The van der Waals surface area contributed by atoms with E-state index in [-0.39, 0.29) is 11.2 Å². The zero-order valence-corrected chi connectivity index (χ0v) is 8.52. The lowest BCUT2D eigenvalue weighted by Gasteiger charge is -2.06. The minimum atomic E-state index is -0.761. The molecule has 0 aliphatic heterocycles. The van der Waals surface area contributed by atoms with E-state index in [1.165, 1.54) is 6.20 Å². The minimum absolute atomic E-state index is 0.0181. The van der Waals surface area contributed by atoms with Crippen molar-refractivity contribution in [1.82, 2.24) is 19.9 Å². The van der Waals surface area contributed by atoms with Crippen LogP contribution in [0.5, 0.6) is 0 Å². The van der Waals surface area contributed by atoms with Gasteiger partial charge in [-0.25, -0.2) is 14.8 Å². The van der Waals surface area contributed by atoms with Crippen LogP contribution in [0.1, 0.15) is 25.1 Å². The molecule has 7 heteroatoms. The average Bonchev–Trinajstić information content (AvgIpc) is 2.27. The lowest BCUT2D eigenvalue weighted by molar-refractivity contribution is 0.169. The van der Waals surface area contributed by atoms with Gasteiger partial charge in [-0.1, -0.05) is 6.92 Å². The van der Waals surface area contributed by atoms with E-state index in [0.29, 0.717) is 12.1 Å². The quantitative estimate of drug-likeness (QED) is 0.631. The van der Waals surface area contributed by atoms with Crippen molar-refractivity contribution in [2.24, 2.45) is 0 Å². The smallest absolute Gasteiger partial charge is 0.327 e. The van der Waals surface area contributed by atoms with Crippen molar-refractivity contribution in [1.29, 1.82) is 0 Å². The van der Waals surface area contributed by atoms with Gasteiger partial charge in [0.2, 0.25) is 0 Å². The van der Waals surface area contributed by atoms with Crippen LogP contribution in [-0.4, -0.2) is 25.0 Å². The number of aliphatic hydroxyl groups is 1. The lowest BCUT2D eigenvalue weighted by atomic mass is 10.2. The van der Waals surface area contributed by atoms with Crippen LogP contribution >= 0.6 is 0 Å². The molecule has 1 atom stereocenters. The Balaban J connectivity index is 2.71. The van der Waals surface area contributed by atoms with E-state index in [9.17, 15) is 14.7 Å². The zero-order chi connectivity index (χ0) is 11.7. The van der Waals surface area contributed by atoms with Crippen LogP contribution in [0.2, 0.25) is 0 Å². The fraction of sp³-hybridized carbons (Fsp3) is 0.333. The van der Waals surface area contributed by atoms with Gasteiger partial charge in [-0.3, -0.25) is 14.8 Å². The largest absolute Gasteiger partial charge is 0.387 e. The Morgan fingerprint density at radius 3 is 2.88 bits per heavy atom. The highest BCUT2D eigenvalue weighted by atomic mass is 16.3. The maximum Gasteiger partial charge on any atom is 0.327 e. The molecule has 0 aliphatic carbocycles. The first kappa shape index (κ1) is 10.5. The molecule has 0 amide bonds. The molecular formula is C9H10N4O3. The maximum atomic E-state index is 11.4. The highest BCUT2D eigenvalue weighted by Crippen LogP contribution is 2.13. The molecule has 2 rings (SSSR count). The molecule has 0 saturated carbocycles. The summed E-state index contributed by atoms with van der Waals surface area (Å²) in [5.41, 5.74) is -0.801. The van der Waals surface area contributed by atoms with Crippen LogP contribution in [0.25, 0.3) is 11.2 Å². The minimum Gasteiger partial charge on any atom is -0.387 e. The predicted molar refractivity (Wildman–Crippen MR) is 56.0 cm³/mol. The Hall–Kier alpha value is -2.02. The highest BCUT2D eigenvalue weighted by molar-refractivity contribution is 5.67. The topological polar surface area (TPSA) is 112 Å². The first-order chi connectivity index (χ1) is 7.61. The first-order valence-electron chi connectivity index (χ1n) is 4.79. The summed E-state index contributed by atoms with van der Waals surface area (Å²) in [7, 11) is 0. The van der Waals surface area contributed by atoms with Crippen LogP contribution in [0, 0.1) is 0 Å². The van der Waals surface area contributed by atoms with Gasteiger partial charge in [0.25, 0.3) is 5.56 Å². The van der Waals surface area contributed by atoms with E-state index in [4.69, 9.17) is 0 Å². The van der Waals surface area contributed by atoms with Gasteiger partial charge in [0, 0.05) is 0 Å². The molecule has 0 radical (unpaired) electrons. The SMILES string of the molecule is CC[C@H](O)c1cnc2[nH]c(=O)[nH]c(=O)c2n1. The molecule has 7 nitrogen and oxygen atoms in total. The second kappa shape index (κ2) is 3.86. The Bertz CT molecular complexity index is 630. The molecule has 2 aromatic heterocycles. The van der Waals surface area contributed by atoms with Crippen molar-refractivity contribution in [3.63, 3.8) is 0 Å². The molecule has 0 saturated heterocycles. The molecule has 0 fully saturated rings. The molecule has 84 valence electrons. The molecule has 3 N–H and O–H groups in total. The molecule has 0 aliphatic rings. The number of rotatable bonds is 2. The normalized spacial score (nSPS) is 12.9. The molecule has 0 aromatic carbocycles. The van der Waals surface area contributed by atoms with E-state index >= 15 is 0 Å². The van der Waals surface area contributed by atoms with Gasteiger partial charge in [-0.05, 0) is 6.42 Å². The number of aromatic amines is 2. The van der Waals surface area contributed by atoms with Gasteiger partial charge in [0.05, 0.1) is 18.0 Å². The predicted octanol–water partition coefficient (Wildman–Crippen LogP) is -0.550. The van der Waals surface area contributed by atoms with E-state index in [2.05, 4.69) is 15.0 Å².